The summed E-state index contributed by atoms with van der Waals surface area (Å²) in [6.45, 7) is 29.8. The molecule has 0 spiro atoms. The standard InChI is InChI=1S/C27H48O2SSi/c1-14-25(28)29-23-15-22(27(11,12)13)24(16-21(23)26(8,9)10)30-17-31(18(2)3,19(4)5)20(6)7/h15-16,18-20H,14,17H2,1-13H3. The van der Waals surface area contributed by atoms with Crippen LogP contribution in [-0.4, -0.2) is 19.4 Å². The zero-order chi connectivity index (χ0) is 24.4. The van der Waals surface area contributed by atoms with Gasteiger partial charge < -0.3 is 4.74 Å². The molecule has 1 aromatic rings. The van der Waals surface area contributed by atoms with Crippen LogP contribution in [-0.2, 0) is 15.6 Å². The third kappa shape index (κ3) is 6.63. The van der Waals surface area contributed by atoms with Gasteiger partial charge in [0, 0.05) is 16.9 Å². The second-order valence-corrected chi connectivity index (χ2v) is 19.6. The van der Waals surface area contributed by atoms with Gasteiger partial charge in [-0.15, -0.1) is 11.8 Å². The molecule has 0 radical (unpaired) electrons. The van der Waals surface area contributed by atoms with Crippen molar-refractivity contribution in [3.8, 4) is 5.75 Å². The zero-order valence-electron chi connectivity index (χ0n) is 22.5. The van der Waals surface area contributed by atoms with Crippen molar-refractivity contribution in [3.05, 3.63) is 23.3 Å². The number of hydrogen-bond donors (Lipinski definition) is 0. The Morgan fingerprint density at radius 1 is 0.871 bits per heavy atom. The maximum atomic E-state index is 12.2. The Bertz CT molecular complexity index is 730. The molecule has 2 nitrogen and oxygen atoms in total. The largest absolute Gasteiger partial charge is 0.426 e. The predicted octanol–water partition coefficient (Wildman–Crippen LogP) is 8.91. The Kier molecular flexibility index (Phi) is 9.55. The maximum absolute atomic E-state index is 12.2. The molecule has 0 aromatic heterocycles. The topological polar surface area (TPSA) is 26.3 Å². The molecule has 0 unspecified atom stereocenters. The summed E-state index contributed by atoms with van der Waals surface area (Å²) in [7, 11) is -1.52. The molecule has 0 fully saturated rings. The lowest BCUT2D eigenvalue weighted by Gasteiger charge is -2.43. The number of benzene rings is 1. The average molecular weight is 465 g/mol. The van der Waals surface area contributed by atoms with E-state index in [1.54, 1.807) is 0 Å². The molecule has 0 aliphatic carbocycles. The lowest BCUT2D eigenvalue weighted by atomic mass is 9.81. The van der Waals surface area contributed by atoms with E-state index >= 15 is 0 Å². The van der Waals surface area contributed by atoms with Crippen LogP contribution < -0.4 is 4.74 Å². The molecule has 0 saturated heterocycles. The Balaban J connectivity index is 3.63. The molecule has 1 aromatic carbocycles. The first kappa shape index (κ1) is 28.3. The zero-order valence-corrected chi connectivity index (χ0v) is 24.3. The van der Waals surface area contributed by atoms with Crippen LogP contribution in [0.1, 0.15) is 108 Å². The first-order chi connectivity index (χ1) is 14.0. The number of ether oxygens (including phenoxy) is 1. The SMILES string of the molecule is CCC(=O)Oc1cc(C(C)(C)C)c(SC[Si](C(C)C)(C(C)C)C(C)C)cc1C(C)(C)C. The van der Waals surface area contributed by atoms with Crippen LogP contribution in [0, 0.1) is 0 Å². The molecule has 0 bridgehead atoms. The Hall–Kier alpha value is -0.743. The normalized spacial score (nSPS) is 13.4. The Morgan fingerprint density at radius 3 is 1.68 bits per heavy atom. The first-order valence-corrected chi connectivity index (χ1v) is 15.4. The van der Waals surface area contributed by atoms with Crippen molar-refractivity contribution >= 4 is 25.8 Å². The molecule has 178 valence electrons. The molecule has 4 heteroatoms. The van der Waals surface area contributed by atoms with Crippen molar-refractivity contribution in [2.45, 2.75) is 129 Å². The lowest BCUT2D eigenvalue weighted by molar-refractivity contribution is -0.134. The number of hydrogen-bond acceptors (Lipinski definition) is 3. The number of rotatable bonds is 8. The average Bonchev–Trinajstić information content (AvgIpc) is 2.59. The van der Waals surface area contributed by atoms with Gasteiger partial charge in [0.2, 0.25) is 0 Å². The first-order valence-electron chi connectivity index (χ1n) is 12.0. The van der Waals surface area contributed by atoms with E-state index in [0.29, 0.717) is 6.42 Å². The summed E-state index contributed by atoms with van der Waals surface area (Å²) in [5.74, 6) is 0.560. The highest BCUT2D eigenvalue weighted by Crippen LogP contribution is 2.47. The summed E-state index contributed by atoms with van der Waals surface area (Å²) < 4.78 is 5.83. The van der Waals surface area contributed by atoms with Gasteiger partial charge in [0.25, 0.3) is 0 Å². The monoisotopic (exact) mass is 464 g/mol. The third-order valence-electron chi connectivity index (χ3n) is 6.91. The van der Waals surface area contributed by atoms with Gasteiger partial charge in [-0.2, -0.15) is 0 Å². The van der Waals surface area contributed by atoms with E-state index in [9.17, 15) is 4.79 Å². The van der Waals surface area contributed by atoms with Crippen molar-refractivity contribution in [2.75, 3.05) is 5.38 Å². The van der Waals surface area contributed by atoms with E-state index in [2.05, 4.69) is 107 Å². The van der Waals surface area contributed by atoms with Gasteiger partial charge in [-0.05, 0) is 50.5 Å². The molecular formula is C27H48O2SSi. The fourth-order valence-corrected chi connectivity index (χ4v) is 15.2. The molecule has 1 rings (SSSR count). The van der Waals surface area contributed by atoms with Crippen LogP contribution in [0.5, 0.6) is 5.75 Å². The number of carbonyl (C=O) groups excluding carboxylic acids is 1. The van der Waals surface area contributed by atoms with Crippen LogP contribution in [0.2, 0.25) is 16.6 Å². The highest BCUT2D eigenvalue weighted by atomic mass is 32.2. The molecule has 31 heavy (non-hydrogen) atoms. The minimum Gasteiger partial charge on any atom is -0.426 e. The van der Waals surface area contributed by atoms with Gasteiger partial charge in [-0.25, -0.2) is 0 Å². The fraction of sp³-hybridized carbons (Fsp3) is 0.741. The van der Waals surface area contributed by atoms with Crippen LogP contribution in [0.15, 0.2) is 17.0 Å². The number of carbonyl (C=O) groups is 1. The van der Waals surface area contributed by atoms with Crippen molar-refractivity contribution in [1.29, 1.82) is 0 Å². The van der Waals surface area contributed by atoms with E-state index in [-0.39, 0.29) is 16.8 Å². The van der Waals surface area contributed by atoms with Gasteiger partial charge in [0.15, 0.2) is 0 Å². The van der Waals surface area contributed by atoms with Gasteiger partial charge in [-0.3, -0.25) is 4.79 Å². The molecule has 0 N–H and O–H groups in total. The molecule has 0 atom stereocenters. The highest BCUT2D eigenvalue weighted by molar-refractivity contribution is 8.01. The van der Waals surface area contributed by atoms with Crippen LogP contribution in [0.3, 0.4) is 0 Å². The molecule has 0 heterocycles. The van der Waals surface area contributed by atoms with Crippen molar-refractivity contribution in [1.82, 2.24) is 0 Å². The predicted molar refractivity (Wildman–Crippen MR) is 142 cm³/mol. The van der Waals surface area contributed by atoms with Gasteiger partial charge in [-0.1, -0.05) is 90.0 Å². The maximum Gasteiger partial charge on any atom is 0.310 e. The van der Waals surface area contributed by atoms with Crippen LogP contribution in [0.25, 0.3) is 0 Å². The number of esters is 1. The van der Waals surface area contributed by atoms with E-state index in [1.807, 2.05) is 6.92 Å². The summed E-state index contributed by atoms with van der Waals surface area (Å²) in [4.78, 5) is 13.5. The third-order valence-corrected chi connectivity index (χ3v) is 16.6. The summed E-state index contributed by atoms with van der Waals surface area (Å²) in [6.07, 6.45) is 0.385. The minimum absolute atomic E-state index is 0.0240. The summed E-state index contributed by atoms with van der Waals surface area (Å²) in [5.41, 5.74) is 4.50. The van der Waals surface area contributed by atoms with Crippen LogP contribution in [0.4, 0.5) is 0 Å². The molecule has 0 saturated carbocycles. The second-order valence-electron chi connectivity index (χ2n) is 12.0. The molecule has 0 aliphatic rings. The van der Waals surface area contributed by atoms with E-state index in [0.717, 1.165) is 27.9 Å². The van der Waals surface area contributed by atoms with Crippen molar-refractivity contribution in [3.63, 3.8) is 0 Å². The van der Waals surface area contributed by atoms with Gasteiger partial charge >= 0.3 is 5.97 Å². The molecular weight excluding hydrogens is 416 g/mol. The van der Waals surface area contributed by atoms with Gasteiger partial charge in [0.1, 0.15) is 5.75 Å². The fourth-order valence-electron chi connectivity index (χ4n) is 4.83. The molecule has 0 aliphatic heterocycles. The molecule has 0 amide bonds. The van der Waals surface area contributed by atoms with Crippen molar-refractivity contribution in [2.24, 2.45) is 0 Å². The minimum atomic E-state index is -1.52. The highest BCUT2D eigenvalue weighted by Gasteiger charge is 2.42. The summed E-state index contributed by atoms with van der Waals surface area (Å²) in [5, 5.41) is 1.22. The summed E-state index contributed by atoms with van der Waals surface area (Å²) in [6, 6.07) is 4.48. The van der Waals surface area contributed by atoms with Crippen LogP contribution >= 0.6 is 11.8 Å². The van der Waals surface area contributed by atoms with E-state index in [1.165, 1.54) is 15.8 Å². The smallest absolute Gasteiger partial charge is 0.310 e. The van der Waals surface area contributed by atoms with E-state index in [4.69, 9.17) is 4.74 Å². The Morgan fingerprint density at radius 2 is 1.32 bits per heavy atom. The number of thioether (sulfide) groups is 1. The van der Waals surface area contributed by atoms with Crippen molar-refractivity contribution < 1.29 is 9.53 Å². The van der Waals surface area contributed by atoms with Gasteiger partial charge in [0.05, 0.1) is 8.07 Å². The lowest BCUT2D eigenvalue weighted by Crippen LogP contribution is -2.47. The van der Waals surface area contributed by atoms with E-state index < -0.39 is 8.07 Å². The Labute approximate surface area is 198 Å². The second kappa shape index (κ2) is 10.5. The summed E-state index contributed by atoms with van der Waals surface area (Å²) >= 11 is 2.05. The quantitative estimate of drug-likeness (QED) is 0.166.